The van der Waals surface area contributed by atoms with E-state index in [1.54, 1.807) is 56.8 Å². The fourth-order valence-corrected chi connectivity index (χ4v) is 3.64. The van der Waals surface area contributed by atoms with Crippen molar-refractivity contribution in [1.82, 2.24) is 30.5 Å². The van der Waals surface area contributed by atoms with Gasteiger partial charge in [0.2, 0.25) is 5.82 Å². The molecule has 2 heterocycles. The molecule has 9 nitrogen and oxygen atoms in total. The molecular weight excluding hydrogens is 473 g/mol. The topological polar surface area (TPSA) is 103 Å². The van der Waals surface area contributed by atoms with Gasteiger partial charge in [0.1, 0.15) is 11.5 Å². The van der Waals surface area contributed by atoms with Crippen molar-refractivity contribution in [2.45, 2.75) is 13.0 Å². The smallest absolute Gasteiger partial charge is 0.281 e. The minimum Gasteiger partial charge on any atom is -0.383 e. The third kappa shape index (κ3) is 6.11. The normalized spacial score (nSPS) is 14.1. The third-order valence-corrected chi connectivity index (χ3v) is 5.52. The van der Waals surface area contributed by atoms with Crippen LogP contribution < -0.4 is 5.32 Å². The highest BCUT2D eigenvalue weighted by atomic mass is 19.1. The molecule has 0 spiro atoms. The lowest BCUT2D eigenvalue weighted by Gasteiger charge is -2.09. The number of rotatable bonds is 11. The van der Waals surface area contributed by atoms with Gasteiger partial charge in [-0.05, 0) is 17.7 Å². The first-order valence-corrected chi connectivity index (χ1v) is 11.7. The molecule has 1 N–H and O–H groups in total. The Bertz CT molecular complexity index is 1380. The van der Waals surface area contributed by atoms with E-state index < -0.39 is 0 Å². The van der Waals surface area contributed by atoms with E-state index in [0.717, 1.165) is 24.2 Å². The zero-order chi connectivity index (χ0) is 26.0. The summed E-state index contributed by atoms with van der Waals surface area (Å²) in [7, 11) is 3.33. The number of ether oxygens (including phenoxy) is 1. The lowest BCUT2D eigenvalue weighted by Crippen LogP contribution is -2.18. The predicted octanol–water partition coefficient (Wildman–Crippen LogP) is 4.66. The van der Waals surface area contributed by atoms with Crippen LogP contribution in [0, 0.1) is 0 Å². The number of aliphatic imine (C=N–C) groups is 1. The summed E-state index contributed by atoms with van der Waals surface area (Å²) in [5.41, 5.74) is 3.54. The van der Waals surface area contributed by atoms with Crippen LogP contribution in [0.15, 0.2) is 82.6 Å². The molecule has 4 rings (SSSR count). The summed E-state index contributed by atoms with van der Waals surface area (Å²) in [6, 6.07) is 7.85. The maximum absolute atomic E-state index is 14.9. The molecule has 0 amide bonds. The molecule has 190 valence electrons. The van der Waals surface area contributed by atoms with Gasteiger partial charge in [0.15, 0.2) is 5.69 Å². The highest BCUT2D eigenvalue weighted by molar-refractivity contribution is 5.91. The summed E-state index contributed by atoms with van der Waals surface area (Å²) in [6.45, 7) is 6.05. The average Bonchev–Trinajstić information content (AvgIpc) is 3.52. The van der Waals surface area contributed by atoms with Crippen LogP contribution in [0.4, 0.5) is 4.39 Å². The Hall–Kier alpha value is -4.28. The zero-order valence-electron chi connectivity index (χ0n) is 20.8. The van der Waals surface area contributed by atoms with E-state index in [4.69, 9.17) is 9.26 Å². The number of benzene rings is 1. The van der Waals surface area contributed by atoms with Crippen molar-refractivity contribution in [2.24, 2.45) is 4.99 Å². The minimum absolute atomic E-state index is 0.142. The lowest BCUT2D eigenvalue weighted by molar-refractivity contribution is 0.199. The summed E-state index contributed by atoms with van der Waals surface area (Å²) in [5.74, 6) is 0.204. The second kappa shape index (κ2) is 12.6. The Morgan fingerprint density at radius 3 is 2.89 bits per heavy atom. The molecule has 2 aromatic heterocycles. The first-order chi connectivity index (χ1) is 18.2. The van der Waals surface area contributed by atoms with Gasteiger partial charge in [-0.1, -0.05) is 65.5 Å². The molecule has 1 aliphatic carbocycles. The number of methoxy groups -OCH3 is 1. The molecule has 3 aromatic rings. The van der Waals surface area contributed by atoms with Gasteiger partial charge >= 0.3 is 0 Å². The van der Waals surface area contributed by atoms with E-state index in [1.807, 2.05) is 24.3 Å². The van der Waals surface area contributed by atoms with Crippen LogP contribution in [0.5, 0.6) is 0 Å². The predicted molar refractivity (Wildman–Crippen MR) is 142 cm³/mol. The molecule has 0 atom stereocenters. The number of aromatic nitrogens is 5. The van der Waals surface area contributed by atoms with E-state index in [-0.39, 0.29) is 23.8 Å². The number of halogens is 1. The Kier molecular flexibility index (Phi) is 8.79. The highest BCUT2D eigenvalue weighted by Crippen LogP contribution is 2.32. The van der Waals surface area contributed by atoms with Gasteiger partial charge in [0.25, 0.3) is 5.89 Å². The Morgan fingerprint density at radius 1 is 1.30 bits per heavy atom. The van der Waals surface area contributed by atoms with Gasteiger partial charge in [-0.2, -0.15) is 4.98 Å². The molecule has 0 unspecified atom stereocenters. The highest BCUT2D eigenvalue weighted by Gasteiger charge is 2.25. The molecule has 0 aliphatic heterocycles. The molecule has 1 aromatic carbocycles. The van der Waals surface area contributed by atoms with E-state index in [0.29, 0.717) is 29.4 Å². The summed E-state index contributed by atoms with van der Waals surface area (Å²) < 4.78 is 27.0. The van der Waals surface area contributed by atoms with Gasteiger partial charge in [-0.3, -0.25) is 4.99 Å². The van der Waals surface area contributed by atoms with Gasteiger partial charge in [-0.25, -0.2) is 9.07 Å². The first kappa shape index (κ1) is 25.8. The number of hydrogen-bond acceptors (Lipinski definition) is 8. The first-order valence-electron chi connectivity index (χ1n) is 11.7. The SMILES string of the molecule is C=C/C(=C\C=NC)c1c(-c2nc(-c3ccc(CNCCOC)cc3)no2)nnn1C1=C(F)CC=CC=C1. The van der Waals surface area contributed by atoms with Crippen molar-refractivity contribution in [1.29, 1.82) is 0 Å². The van der Waals surface area contributed by atoms with E-state index in [1.165, 1.54) is 4.68 Å². The molecule has 37 heavy (non-hydrogen) atoms. The maximum atomic E-state index is 14.9. The Labute approximate surface area is 214 Å². The standard InChI is InChI=1S/C27H28FN7O2/c1-4-20(14-15-29-2)25-24(32-34-35(25)23-9-7-5-6-8-22(23)28)27-31-26(33-37-27)21-12-10-19(11-13-21)18-30-16-17-36-3/h4-7,9-15,30H,1,8,16-18H2,2-3H3/b20-14+,29-15?. The van der Waals surface area contributed by atoms with Gasteiger partial charge in [-0.15, -0.1) is 5.10 Å². The maximum Gasteiger partial charge on any atom is 0.281 e. The van der Waals surface area contributed by atoms with Crippen LogP contribution in [0.1, 0.15) is 17.7 Å². The fourth-order valence-electron chi connectivity index (χ4n) is 3.64. The zero-order valence-corrected chi connectivity index (χ0v) is 20.8. The van der Waals surface area contributed by atoms with Crippen molar-refractivity contribution in [3.63, 3.8) is 0 Å². The second-order valence-corrected chi connectivity index (χ2v) is 8.00. The Morgan fingerprint density at radius 2 is 2.14 bits per heavy atom. The van der Waals surface area contributed by atoms with Crippen molar-refractivity contribution in [3.05, 3.63) is 84.4 Å². The van der Waals surface area contributed by atoms with Crippen molar-refractivity contribution in [2.75, 3.05) is 27.3 Å². The summed E-state index contributed by atoms with van der Waals surface area (Å²) in [6.07, 6.45) is 12.0. The summed E-state index contributed by atoms with van der Waals surface area (Å²) in [5, 5.41) is 16.0. The third-order valence-electron chi connectivity index (χ3n) is 5.52. The number of hydrogen-bond donors (Lipinski definition) is 1. The lowest BCUT2D eigenvalue weighted by atomic mass is 10.1. The summed E-state index contributed by atoms with van der Waals surface area (Å²) in [4.78, 5) is 8.57. The Balaban J connectivity index is 1.69. The number of nitrogens with one attached hydrogen (secondary N) is 1. The van der Waals surface area contributed by atoms with Crippen molar-refractivity contribution >= 4 is 17.5 Å². The summed E-state index contributed by atoms with van der Waals surface area (Å²) >= 11 is 0. The van der Waals surface area contributed by atoms with Crippen molar-refractivity contribution < 1.29 is 13.7 Å². The largest absolute Gasteiger partial charge is 0.383 e. The molecule has 10 heteroatoms. The van der Waals surface area contributed by atoms with E-state index in [2.05, 4.69) is 37.3 Å². The monoisotopic (exact) mass is 501 g/mol. The van der Waals surface area contributed by atoms with Crippen LogP contribution in [0.2, 0.25) is 0 Å². The fraction of sp³-hybridized carbons (Fsp3) is 0.222. The minimum atomic E-state index is -0.349. The van der Waals surface area contributed by atoms with Gasteiger partial charge in [0, 0.05) is 51.0 Å². The van der Waals surface area contributed by atoms with Crippen LogP contribution in [0.3, 0.4) is 0 Å². The molecule has 0 saturated heterocycles. The van der Waals surface area contributed by atoms with E-state index >= 15 is 0 Å². The van der Waals surface area contributed by atoms with Crippen molar-refractivity contribution in [3.8, 4) is 23.0 Å². The number of nitrogens with zero attached hydrogens (tertiary/aromatic N) is 6. The van der Waals surface area contributed by atoms with Gasteiger partial charge < -0.3 is 14.6 Å². The second-order valence-electron chi connectivity index (χ2n) is 8.00. The van der Waals surface area contributed by atoms with Gasteiger partial charge in [0.05, 0.1) is 12.3 Å². The van der Waals surface area contributed by atoms with E-state index in [9.17, 15) is 4.39 Å². The van der Waals surface area contributed by atoms with Crippen LogP contribution in [-0.2, 0) is 11.3 Å². The van der Waals surface area contributed by atoms with Crippen LogP contribution in [0.25, 0.3) is 34.2 Å². The molecule has 0 bridgehead atoms. The average molecular weight is 502 g/mol. The van der Waals surface area contributed by atoms with Crippen LogP contribution >= 0.6 is 0 Å². The molecule has 0 radical (unpaired) electrons. The quantitative estimate of drug-likeness (QED) is 0.232. The molecular formula is C27H28FN7O2. The van der Waals surface area contributed by atoms with Crippen LogP contribution in [-0.4, -0.2) is 58.7 Å². The molecule has 0 saturated carbocycles. The molecule has 0 fully saturated rings. The number of allylic oxidation sites excluding steroid dienone is 9. The molecule has 1 aliphatic rings.